The van der Waals surface area contributed by atoms with Gasteiger partial charge in [-0.2, -0.15) is 0 Å². The smallest absolute Gasteiger partial charge is 0.321 e. The standard InChI is InChI=1S/C11H22N2O2/c1-8(2)10(11(14)15)13(4)9-5-6-12(3)7-9/h8-10H,5-7H2,1-4H3,(H,14,15). The van der Waals surface area contributed by atoms with Crippen LogP contribution in [0.4, 0.5) is 0 Å². The van der Waals surface area contributed by atoms with Gasteiger partial charge >= 0.3 is 5.97 Å². The third kappa shape index (κ3) is 2.92. The fourth-order valence-corrected chi connectivity index (χ4v) is 2.40. The third-order valence-corrected chi connectivity index (χ3v) is 3.27. The maximum atomic E-state index is 11.2. The Bertz CT molecular complexity index is 231. The highest BCUT2D eigenvalue weighted by Gasteiger charge is 2.33. The lowest BCUT2D eigenvalue weighted by atomic mass is 10.0. The number of rotatable bonds is 4. The van der Waals surface area contributed by atoms with Gasteiger partial charge in [0.25, 0.3) is 0 Å². The van der Waals surface area contributed by atoms with Gasteiger partial charge in [-0.1, -0.05) is 13.8 Å². The van der Waals surface area contributed by atoms with Crippen LogP contribution in [-0.4, -0.2) is 60.1 Å². The zero-order valence-corrected chi connectivity index (χ0v) is 10.1. The monoisotopic (exact) mass is 214 g/mol. The normalized spacial score (nSPS) is 25.1. The highest BCUT2D eigenvalue weighted by Crippen LogP contribution is 2.19. The van der Waals surface area contributed by atoms with E-state index in [1.165, 1.54) is 0 Å². The van der Waals surface area contributed by atoms with Gasteiger partial charge in [0.15, 0.2) is 0 Å². The summed E-state index contributed by atoms with van der Waals surface area (Å²) in [6.45, 7) is 5.98. The minimum atomic E-state index is -0.706. The number of hydrogen-bond acceptors (Lipinski definition) is 3. The molecule has 0 radical (unpaired) electrons. The Kier molecular flexibility index (Phi) is 4.11. The molecule has 1 fully saturated rings. The van der Waals surface area contributed by atoms with Gasteiger partial charge in [-0.15, -0.1) is 0 Å². The van der Waals surface area contributed by atoms with Gasteiger partial charge in [-0.05, 0) is 33.0 Å². The molecule has 1 aliphatic rings. The van der Waals surface area contributed by atoms with Crippen molar-refractivity contribution in [3.8, 4) is 0 Å². The van der Waals surface area contributed by atoms with Gasteiger partial charge < -0.3 is 10.0 Å². The molecular weight excluding hydrogens is 192 g/mol. The molecule has 15 heavy (non-hydrogen) atoms. The fraction of sp³-hybridized carbons (Fsp3) is 0.909. The molecule has 0 spiro atoms. The molecule has 1 N–H and O–H groups in total. The van der Waals surface area contributed by atoms with Crippen molar-refractivity contribution in [2.75, 3.05) is 27.2 Å². The molecule has 1 saturated heterocycles. The predicted molar refractivity (Wildman–Crippen MR) is 59.9 cm³/mol. The molecule has 0 saturated carbocycles. The molecule has 2 atom stereocenters. The van der Waals surface area contributed by atoms with Crippen molar-refractivity contribution in [1.29, 1.82) is 0 Å². The van der Waals surface area contributed by atoms with E-state index in [4.69, 9.17) is 0 Å². The van der Waals surface area contributed by atoms with Crippen molar-refractivity contribution in [3.63, 3.8) is 0 Å². The summed E-state index contributed by atoms with van der Waals surface area (Å²) in [5, 5.41) is 9.19. The summed E-state index contributed by atoms with van der Waals surface area (Å²) in [4.78, 5) is 15.4. The Labute approximate surface area is 91.9 Å². The van der Waals surface area contributed by atoms with Crippen LogP contribution >= 0.6 is 0 Å². The topological polar surface area (TPSA) is 43.8 Å². The van der Waals surface area contributed by atoms with E-state index in [0.717, 1.165) is 19.5 Å². The number of likely N-dealkylation sites (N-methyl/N-ethyl adjacent to an activating group) is 2. The predicted octanol–water partition coefficient (Wildman–Crippen LogP) is 0.732. The second-order valence-electron chi connectivity index (χ2n) is 4.90. The van der Waals surface area contributed by atoms with E-state index in [1.54, 1.807) is 0 Å². The van der Waals surface area contributed by atoms with Gasteiger partial charge in [0, 0.05) is 12.6 Å². The van der Waals surface area contributed by atoms with Gasteiger partial charge in [-0.25, -0.2) is 0 Å². The maximum Gasteiger partial charge on any atom is 0.321 e. The summed E-state index contributed by atoms with van der Waals surface area (Å²) in [7, 11) is 4.02. The van der Waals surface area contributed by atoms with Gasteiger partial charge in [0.1, 0.15) is 6.04 Å². The van der Waals surface area contributed by atoms with Crippen molar-refractivity contribution in [2.45, 2.75) is 32.4 Å². The van der Waals surface area contributed by atoms with Crippen LogP contribution in [0.2, 0.25) is 0 Å². The largest absolute Gasteiger partial charge is 0.480 e. The highest BCUT2D eigenvalue weighted by atomic mass is 16.4. The molecule has 0 amide bonds. The summed E-state index contributed by atoms with van der Waals surface area (Å²) in [5.74, 6) is -0.555. The zero-order chi connectivity index (χ0) is 11.6. The SMILES string of the molecule is CC(C)C(C(=O)O)N(C)C1CCN(C)C1. The molecule has 0 aliphatic carbocycles. The molecule has 1 aliphatic heterocycles. The minimum Gasteiger partial charge on any atom is -0.480 e. The van der Waals surface area contributed by atoms with Gasteiger partial charge in [0.2, 0.25) is 0 Å². The van der Waals surface area contributed by atoms with Crippen molar-refractivity contribution in [3.05, 3.63) is 0 Å². The van der Waals surface area contributed by atoms with Crippen LogP contribution < -0.4 is 0 Å². The second-order valence-corrected chi connectivity index (χ2v) is 4.90. The van der Waals surface area contributed by atoms with Gasteiger partial charge in [0.05, 0.1) is 0 Å². The van der Waals surface area contributed by atoms with Gasteiger partial charge in [-0.3, -0.25) is 9.69 Å². The fourth-order valence-electron chi connectivity index (χ4n) is 2.40. The Hall–Kier alpha value is -0.610. The average molecular weight is 214 g/mol. The molecule has 2 unspecified atom stereocenters. The lowest BCUT2D eigenvalue weighted by Crippen LogP contribution is -2.48. The van der Waals surface area contributed by atoms with Crippen LogP contribution in [0.15, 0.2) is 0 Å². The van der Waals surface area contributed by atoms with E-state index >= 15 is 0 Å². The van der Waals surface area contributed by atoms with Crippen molar-refractivity contribution in [1.82, 2.24) is 9.80 Å². The van der Waals surface area contributed by atoms with Crippen LogP contribution in [0, 0.1) is 5.92 Å². The molecular formula is C11H22N2O2. The van der Waals surface area contributed by atoms with Crippen LogP contribution in [0.25, 0.3) is 0 Å². The molecule has 4 heteroatoms. The van der Waals surface area contributed by atoms with Crippen LogP contribution in [0.3, 0.4) is 0 Å². The molecule has 0 aromatic carbocycles. The summed E-state index contributed by atoms with van der Waals surface area (Å²) >= 11 is 0. The van der Waals surface area contributed by atoms with Crippen LogP contribution in [-0.2, 0) is 4.79 Å². The van der Waals surface area contributed by atoms with E-state index in [2.05, 4.69) is 11.9 Å². The summed E-state index contributed by atoms with van der Waals surface area (Å²) in [6.07, 6.45) is 1.07. The van der Waals surface area contributed by atoms with Crippen molar-refractivity contribution < 1.29 is 9.90 Å². The van der Waals surface area contributed by atoms with Crippen molar-refractivity contribution >= 4 is 5.97 Å². The molecule has 88 valence electrons. The van der Waals surface area contributed by atoms with Crippen LogP contribution in [0.1, 0.15) is 20.3 Å². The Morgan fingerprint density at radius 3 is 2.47 bits per heavy atom. The number of carboxylic acid groups (broad SMARTS) is 1. The number of hydrogen-bond donors (Lipinski definition) is 1. The Morgan fingerprint density at radius 1 is 1.53 bits per heavy atom. The van der Waals surface area contributed by atoms with E-state index in [-0.39, 0.29) is 12.0 Å². The lowest BCUT2D eigenvalue weighted by Gasteiger charge is -2.32. The first-order valence-corrected chi connectivity index (χ1v) is 5.56. The summed E-state index contributed by atoms with van der Waals surface area (Å²) in [6, 6.07) is 0.0278. The molecule has 0 aromatic heterocycles. The van der Waals surface area contributed by atoms with E-state index in [1.807, 2.05) is 25.8 Å². The first kappa shape index (κ1) is 12.5. The molecule has 0 aromatic rings. The highest BCUT2D eigenvalue weighted by molar-refractivity contribution is 5.73. The molecule has 1 rings (SSSR count). The van der Waals surface area contributed by atoms with E-state index in [0.29, 0.717) is 6.04 Å². The van der Waals surface area contributed by atoms with Crippen LogP contribution in [0.5, 0.6) is 0 Å². The average Bonchev–Trinajstić information content (AvgIpc) is 2.50. The number of likely N-dealkylation sites (tertiary alicyclic amines) is 1. The number of nitrogens with zero attached hydrogens (tertiary/aromatic N) is 2. The Morgan fingerprint density at radius 2 is 2.13 bits per heavy atom. The quantitative estimate of drug-likeness (QED) is 0.749. The zero-order valence-electron chi connectivity index (χ0n) is 10.1. The first-order valence-electron chi connectivity index (χ1n) is 5.56. The Balaban J connectivity index is 2.64. The number of carbonyl (C=O) groups is 1. The second kappa shape index (κ2) is 4.94. The van der Waals surface area contributed by atoms with E-state index in [9.17, 15) is 9.90 Å². The minimum absolute atomic E-state index is 0.151. The maximum absolute atomic E-state index is 11.2. The summed E-state index contributed by atoms with van der Waals surface area (Å²) in [5.41, 5.74) is 0. The number of aliphatic carboxylic acids is 1. The van der Waals surface area contributed by atoms with Crippen molar-refractivity contribution in [2.24, 2.45) is 5.92 Å². The lowest BCUT2D eigenvalue weighted by molar-refractivity contribution is -0.145. The molecule has 1 heterocycles. The molecule has 0 bridgehead atoms. The third-order valence-electron chi connectivity index (χ3n) is 3.27. The van der Waals surface area contributed by atoms with E-state index < -0.39 is 5.97 Å². The summed E-state index contributed by atoms with van der Waals surface area (Å²) < 4.78 is 0. The first-order chi connectivity index (χ1) is 6.93. The number of carboxylic acids is 1. The molecule has 4 nitrogen and oxygen atoms in total.